The van der Waals surface area contributed by atoms with Gasteiger partial charge in [-0.3, -0.25) is 4.79 Å². The largest absolute Gasteiger partial charge is 0.410 e. The van der Waals surface area contributed by atoms with Crippen LogP contribution in [0.25, 0.3) is 0 Å². The zero-order valence-electron chi connectivity index (χ0n) is 15.8. The maximum atomic E-state index is 13.7. The summed E-state index contributed by atoms with van der Waals surface area (Å²) >= 11 is 1.36. The number of rotatable bonds is 4. The van der Waals surface area contributed by atoms with Crippen LogP contribution in [-0.2, 0) is 0 Å². The first-order valence-electron chi connectivity index (χ1n) is 9.27. The molecule has 3 heterocycles. The van der Waals surface area contributed by atoms with E-state index in [0.717, 1.165) is 15.8 Å². The Labute approximate surface area is 174 Å². The molecule has 0 fully saturated rings. The zero-order valence-corrected chi connectivity index (χ0v) is 16.7. The Morgan fingerprint density at radius 1 is 1.33 bits per heavy atom. The van der Waals surface area contributed by atoms with Gasteiger partial charge in [-0.15, -0.1) is 11.3 Å². The maximum Gasteiger partial charge on any atom is 0.410 e. The van der Waals surface area contributed by atoms with Gasteiger partial charge in [0.1, 0.15) is 11.4 Å². The van der Waals surface area contributed by atoms with Gasteiger partial charge in [-0.1, -0.05) is 18.2 Å². The van der Waals surface area contributed by atoms with Crippen LogP contribution in [0, 0.1) is 0 Å². The summed E-state index contributed by atoms with van der Waals surface area (Å²) in [6, 6.07) is 7.72. The van der Waals surface area contributed by atoms with Crippen molar-refractivity contribution in [1.29, 1.82) is 0 Å². The third kappa shape index (κ3) is 3.92. The fraction of sp³-hybridized carbons (Fsp3) is 0.300. The Bertz CT molecular complexity index is 1030. The summed E-state index contributed by atoms with van der Waals surface area (Å²) in [6.45, 7) is 1.62. The van der Waals surface area contributed by atoms with Gasteiger partial charge in [0.2, 0.25) is 0 Å². The lowest BCUT2D eigenvalue weighted by Gasteiger charge is -2.33. The molecule has 1 amide bonds. The van der Waals surface area contributed by atoms with Gasteiger partial charge in [-0.2, -0.15) is 18.3 Å². The molecule has 30 heavy (non-hydrogen) atoms. The van der Waals surface area contributed by atoms with Crippen LogP contribution >= 0.6 is 11.3 Å². The van der Waals surface area contributed by atoms with E-state index in [1.54, 1.807) is 48.7 Å². The number of nitrogens with zero attached hydrogens (tertiary/aromatic N) is 2. The van der Waals surface area contributed by atoms with Gasteiger partial charge in [0.15, 0.2) is 6.04 Å². The van der Waals surface area contributed by atoms with E-state index in [2.05, 4.69) is 15.7 Å². The average Bonchev–Trinajstić information content (AvgIpc) is 3.36. The number of anilines is 2. The molecule has 0 radical (unpaired) electrons. The molecule has 1 aliphatic heterocycles. The second kappa shape index (κ2) is 7.77. The highest BCUT2D eigenvalue weighted by molar-refractivity contribution is 7.10. The molecule has 0 bridgehead atoms. The minimum absolute atomic E-state index is 0.0325. The Hall–Kier alpha value is -2.85. The molecule has 3 atom stereocenters. The maximum absolute atomic E-state index is 13.7. The predicted molar refractivity (Wildman–Crippen MR) is 108 cm³/mol. The number of nitrogens with one attached hydrogen (secondary N) is 2. The number of halogens is 3. The van der Waals surface area contributed by atoms with Crippen LogP contribution in [-0.4, -0.2) is 27.0 Å². The minimum atomic E-state index is -4.50. The smallest absolute Gasteiger partial charge is 0.389 e. The van der Waals surface area contributed by atoms with Crippen molar-refractivity contribution in [3.05, 3.63) is 64.0 Å². The van der Waals surface area contributed by atoms with Crippen LogP contribution < -0.4 is 10.6 Å². The van der Waals surface area contributed by atoms with Gasteiger partial charge >= 0.3 is 6.18 Å². The Morgan fingerprint density at radius 3 is 2.67 bits per heavy atom. The van der Waals surface area contributed by atoms with E-state index in [9.17, 15) is 23.1 Å². The van der Waals surface area contributed by atoms with Crippen molar-refractivity contribution in [1.82, 2.24) is 9.78 Å². The molecule has 4 rings (SSSR count). The molecular formula is C20H19F3N4O2S. The number of benzene rings is 1. The number of alkyl halides is 3. The van der Waals surface area contributed by atoms with Crippen LogP contribution in [0.3, 0.4) is 0 Å². The Morgan fingerprint density at radius 2 is 2.07 bits per heavy atom. The highest BCUT2D eigenvalue weighted by atomic mass is 32.1. The van der Waals surface area contributed by atoms with Crippen molar-refractivity contribution < 1.29 is 23.1 Å². The number of thiophene rings is 1. The summed E-state index contributed by atoms with van der Waals surface area (Å²) in [6.07, 6.45) is -4.20. The van der Waals surface area contributed by atoms with Crippen molar-refractivity contribution in [2.75, 3.05) is 10.6 Å². The second-order valence-corrected chi connectivity index (χ2v) is 8.09. The number of hydrogen-bond donors (Lipinski definition) is 3. The number of carbonyl (C=O) groups excluding carboxylic acids is 1. The molecule has 0 unspecified atom stereocenters. The van der Waals surface area contributed by atoms with Crippen molar-refractivity contribution in [3.8, 4) is 0 Å². The van der Waals surface area contributed by atoms with Gasteiger partial charge < -0.3 is 15.7 Å². The monoisotopic (exact) mass is 436 g/mol. The standard InChI is InChI=1S/C20H19F3N4O2S/c1-11(28)12-4-6-13(7-5-12)25-19(29)14-10-24-27-17(20(21,22)23)9-15(26-18(14)27)16-3-2-8-30-16/h2-8,10-11,15,17,26,28H,9H2,1H3,(H,25,29)/t11-,15+,17-/m1/s1. The predicted octanol–water partition coefficient (Wildman–Crippen LogP) is 4.91. The van der Waals surface area contributed by atoms with Gasteiger partial charge in [0.25, 0.3) is 5.91 Å². The van der Waals surface area contributed by atoms with E-state index >= 15 is 0 Å². The quantitative estimate of drug-likeness (QED) is 0.543. The second-order valence-electron chi connectivity index (χ2n) is 7.11. The molecular weight excluding hydrogens is 417 g/mol. The summed E-state index contributed by atoms with van der Waals surface area (Å²) in [5.74, 6) is -0.527. The van der Waals surface area contributed by atoms with Crippen LogP contribution in [0.15, 0.2) is 48.0 Å². The zero-order chi connectivity index (χ0) is 21.5. The lowest BCUT2D eigenvalue weighted by atomic mass is 10.0. The molecule has 2 aromatic heterocycles. The highest BCUT2D eigenvalue weighted by Crippen LogP contribution is 2.45. The molecule has 3 N–H and O–H groups in total. The van der Waals surface area contributed by atoms with E-state index in [0.29, 0.717) is 11.3 Å². The highest BCUT2D eigenvalue weighted by Gasteiger charge is 2.47. The minimum Gasteiger partial charge on any atom is -0.389 e. The van der Waals surface area contributed by atoms with Gasteiger partial charge in [-0.05, 0) is 36.1 Å². The summed E-state index contributed by atoms with van der Waals surface area (Å²) in [4.78, 5) is 13.5. The number of aliphatic hydroxyl groups excluding tert-OH is 1. The van der Waals surface area contributed by atoms with E-state index in [-0.39, 0.29) is 17.8 Å². The normalized spacial score (nSPS) is 19.6. The van der Waals surface area contributed by atoms with E-state index < -0.39 is 30.3 Å². The third-order valence-electron chi connectivity index (χ3n) is 5.02. The summed E-state index contributed by atoms with van der Waals surface area (Å²) in [7, 11) is 0. The van der Waals surface area contributed by atoms with Gasteiger partial charge in [0.05, 0.1) is 18.3 Å². The van der Waals surface area contributed by atoms with Crippen LogP contribution in [0.2, 0.25) is 0 Å². The lowest BCUT2D eigenvalue weighted by Crippen LogP contribution is -2.36. The topological polar surface area (TPSA) is 79.2 Å². The first kappa shape index (κ1) is 20.4. The number of carbonyl (C=O) groups is 1. The summed E-state index contributed by atoms with van der Waals surface area (Å²) < 4.78 is 41.9. The third-order valence-corrected chi connectivity index (χ3v) is 6.01. The molecule has 0 spiro atoms. The molecule has 0 saturated heterocycles. The fourth-order valence-corrected chi connectivity index (χ4v) is 4.24. The first-order chi connectivity index (χ1) is 14.2. The molecule has 0 saturated carbocycles. The Kier molecular flexibility index (Phi) is 5.29. The summed E-state index contributed by atoms with van der Waals surface area (Å²) in [5, 5.41) is 21.0. The molecule has 0 aliphatic carbocycles. The molecule has 3 aromatic rings. The SMILES string of the molecule is C[C@@H](O)c1ccc(NC(=O)c2cnn3c2N[C@H](c2cccs2)C[C@@H]3C(F)(F)F)cc1. The first-order valence-corrected chi connectivity index (χ1v) is 10.2. The molecule has 1 aromatic carbocycles. The lowest BCUT2D eigenvalue weighted by molar-refractivity contribution is -0.173. The number of amides is 1. The number of aromatic nitrogens is 2. The van der Waals surface area contributed by atoms with Crippen molar-refractivity contribution in [2.45, 2.75) is 37.7 Å². The number of aliphatic hydroxyl groups is 1. The van der Waals surface area contributed by atoms with Crippen molar-refractivity contribution in [2.24, 2.45) is 0 Å². The molecule has 158 valence electrons. The average molecular weight is 436 g/mol. The van der Waals surface area contributed by atoms with Crippen LogP contribution in [0.1, 0.15) is 52.3 Å². The summed E-state index contributed by atoms with van der Waals surface area (Å²) in [5.41, 5.74) is 1.18. The van der Waals surface area contributed by atoms with Crippen molar-refractivity contribution in [3.63, 3.8) is 0 Å². The Balaban J connectivity index is 1.63. The fourth-order valence-electron chi connectivity index (χ4n) is 3.45. The molecule has 10 heteroatoms. The van der Waals surface area contributed by atoms with E-state index in [1.807, 2.05) is 0 Å². The van der Waals surface area contributed by atoms with E-state index in [1.165, 1.54) is 11.3 Å². The van der Waals surface area contributed by atoms with Gasteiger partial charge in [-0.25, -0.2) is 4.68 Å². The number of fused-ring (bicyclic) bond motifs is 1. The van der Waals surface area contributed by atoms with Crippen LogP contribution in [0.4, 0.5) is 24.7 Å². The molecule has 1 aliphatic rings. The number of hydrogen-bond acceptors (Lipinski definition) is 5. The van der Waals surface area contributed by atoms with Crippen LogP contribution in [0.5, 0.6) is 0 Å². The molecule has 6 nitrogen and oxygen atoms in total. The van der Waals surface area contributed by atoms with E-state index in [4.69, 9.17) is 0 Å². The van der Waals surface area contributed by atoms with Gasteiger partial charge in [0, 0.05) is 17.0 Å². The van der Waals surface area contributed by atoms with Crippen molar-refractivity contribution >= 4 is 28.7 Å².